The van der Waals surface area contributed by atoms with Crippen molar-refractivity contribution in [2.24, 2.45) is 0 Å². The first-order valence-corrected chi connectivity index (χ1v) is 7.65. The van der Waals surface area contributed by atoms with Crippen LogP contribution in [0.2, 0.25) is 5.02 Å². The number of esters is 1. The molecule has 1 aliphatic rings. The predicted octanol–water partition coefficient (Wildman–Crippen LogP) is 2.72. The highest BCUT2D eigenvalue weighted by Gasteiger charge is 2.26. The van der Waals surface area contributed by atoms with Gasteiger partial charge in [-0.25, -0.2) is 4.79 Å². The van der Waals surface area contributed by atoms with Gasteiger partial charge in [-0.3, -0.25) is 4.79 Å². The molecule has 0 aromatic heterocycles. The summed E-state index contributed by atoms with van der Waals surface area (Å²) in [7, 11) is 0. The molecule has 0 bridgehead atoms. The number of hydrogen-bond acceptors (Lipinski definition) is 5. The van der Waals surface area contributed by atoms with Crippen LogP contribution in [0.4, 0.5) is 11.4 Å². The van der Waals surface area contributed by atoms with E-state index in [9.17, 15) is 14.7 Å². The molecule has 7 heteroatoms. The highest BCUT2D eigenvalue weighted by molar-refractivity contribution is 6.31. The van der Waals surface area contributed by atoms with Crippen molar-refractivity contribution in [2.45, 2.75) is 6.92 Å². The van der Waals surface area contributed by atoms with Gasteiger partial charge in [-0.1, -0.05) is 17.7 Å². The summed E-state index contributed by atoms with van der Waals surface area (Å²) < 4.78 is 5.14. The number of ether oxygens (including phenoxy) is 1. The zero-order valence-electron chi connectivity index (χ0n) is 12.9. The van der Waals surface area contributed by atoms with Gasteiger partial charge in [0.05, 0.1) is 17.9 Å². The van der Waals surface area contributed by atoms with Crippen LogP contribution in [0.1, 0.15) is 5.56 Å². The van der Waals surface area contributed by atoms with Gasteiger partial charge in [0.15, 0.2) is 5.75 Å². The first kappa shape index (κ1) is 16.1. The van der Waals surface area contributed by atoms with Gasteiger partial charge in [-0.2, -0.15) is 0 Å². The van der Waals surface area contributed by atoms with Crippen molar-refractivity contribution in [3.63, 3.8) is 0 Å². The Kier molecular flexibility index (Phi) is 4.31. The number of anilines is 2. The maximum Gasteiger partial charge on any atom is 0.331 e. The summed E-state index contributed by atoms with van der Waals surface area (Å²) in [6.45, 7) is 1.73. The number of amides is 1. The van der Waals surface area contributed by atoms with E-state index in [1.807, 2.05) is 6.92 Å². The van der Waals surface area contributed by atoms with Gasteiger partial charge in [0.2, 0.25) is 5.91 Å². The van der Waals surface area contributed by atoms with Crippen LogP contribution in [-0.4, -0.2) is 30.1 Å². The van der Waals surface area contributed by atoms with E-state index < -0.39 is 5.97 Å². The molecule has 0 fully saturated rings. The Bertz CT molecular complexity index is 822. The number of benzene rings is 2. The van der Waals surface area contributed by atoms with Crippen LogP contribution in [0.3, 0.4) is 0 Å². The van der Waals surface area contributed by atoms with Gasteiger partial charge in [-0.15, -0.1) is 0 Å². The second-order valence-electron chi connectivity index (χ2n) is 5.51. The number of carbonyl (C=O) groups is 2. The number of hydrogen-bond donors (Lipinski definition) is 2. The lowest BCUT2D eigenvalue weighted by molar-refractivity contribution is -0.133. The summed E-state index contributed by atoms with van der Waals surface area (Å²) in [5, 5.41) is 12.9. The van der Waals surface area contributed by atoms with E-state index in [4.69, 9.17) is 16.3 Å². The van der Waals surface area contributed by atoms with Crippen LogP contribution in [-0.2, 0) is 9.59 Å². The number of phenols is 1. The second kappa shape index (κ2) is 6.41. The average Bonchev–Trinajstić information content (AvgIpc) is 2.51. The molecular weight excluding hydrogens is 332 g/mol. The summed E-state index contributed by atoms with van der Waals surface area (Å²) in [5.41, 5.74) is 1.80. The molecule has 0 aliphatic carbocycles. The third-order valence-corrected chi connectivity index (χ3v) is 3.80. The summed E-state index contributed by atoms with van der Waals surface area (Å²) in [4.78, 5) is 25.6. The van der Waals surface area contributed by atoms with Gasteiger partial charge >= 0.3 is 5.97 Å². The fourth-order valence-corrected chi connectivity index (χ4v) is 2.64. The summed E-state index contributed by atoms with van der Waals surface area (Å²) in [6, 6.07) is 9.76. The smallest absolute Gasteiger partial charge is 0.331 e. The molecule has 3 rings (SSSR count). The first-order chi connectivity index (χ1) is 11.4. The first-order valence-electron chi connectivity index (χ1n) is 7.27. The van der Waals surface area contributed by atoms with Crippen molar-refractivity contribution in [3.05, 3.63) is 47.0 Å². The molecule has 1 heterocycles. The van der Waals surface area contributed by atoms with E-state index in [0.29, 0.717) is 22.1 Å². The minimum absolute atomic E-state index is 0.0181. The van der Waals surface area contributed by atoms with E-state index >= 15 is 0 Å². The number of aromatic hydroxyl groups is 1. The Labute approximate surface area is 143 Å². The number of halogens is 1. The number of rotatable bonds is 3. The van der Waals surface area contributed by atoms with Crippen molar-refractivity contribution >= 4 is 34.9 Å². The normalized spacial score (nSPS) is 13.2. The van der Waals surface area contributed by atoms with Crippen LogP contribution in [0.25, 0.3) is 0 Å². The van der Waals surface area contributed by atoms with Crippen LogP contribution in [0.15, 0.2) is 36.4 Å². The van der Waals surface area contributed by atoms with Gasteiger partial charge < -0.3 is 20.1 Å². The Hall–Kier alpha value is -2.73. The van der Waals surface area contributed by atoms with Crippen molar-refractivity contribution in [1.29, 1.82) is 0 Å². The largest absolute Gasteiger partial charge is 0.506 e. The predicted molar refractivity (Wildman–Crippen MR) is 90.8 cm³/mol. The minimum Gasteiger partial charge on any atom is -0.506 e. The number of phenolic OH excluding ortho intramolecular Hbond substituents is 1. The zero-order valence-corrected chi connectivity index (χ0v) is 13.6. The lowest BCUT2D eigenvalue weighted by Crippen LogP contribution is -2.41. The highest BCUT2D eigenvalue weighted by atomic mass is 35.5. The number of nitrogens with zero attached hydrogens (tertiary/aromatic N) is 1. The lowest BCUT2D eigenvalue weighted by Gasteiger charge is -2.29. The Balaban J connectivity index is 1.78. The van der Waals surface area contributed by atoms with Crippen LogP contribution in [0.5, 0.6) is 11.5 Å². The molecule has 6 nitrogen and oxygen atoms in total. The Morgan fingerprint density at radius 3 is 2.92 bits per heavy atom. The number of nitrogens with one attached hydrogen (secondary N) is 1. The molecule has 2 N–H and O–H groups in total. The monoisotopic (exact) mass is 346 g/mol. The highest BCUT2D eigenvalue weighted by Crippen LogP contribution is 2.34. The van der Waals surface area contributed by atoms with Gasteiger partial charge in [0, 0.05) is 5.02 Å². The van der Waals surface area contributed by atoms with E-state index in [2.05, 4.69) is 5.32 Å². The van der Waals surface area contributed by atoms with Crippen molar-refractivity contribution in [2.75, 3.05) is 23.3 Å². The molecule has 2 aromatic rings. The SMILES string of the molecule is Cc1ccc(O)c(NC(=O)CN2CC(=O)Oc3ccc(Cl)cc32)c1. The maximum atomic E-state index is 12.3. The van der Waals surface area contributed by atoms with Gasteiger partial charge in [-0.05, 0) is 42.8 Å². The number of aryl methyl sites for hydroxylation is 1. The zero-order chi connectivity index (χ0) is 17.3. The van der Waals surface area contributed by atoms with Gasteiger partial charge in [0.25, 0.3) is 0 Å². The average molecular weight is 347 g/mol. The fraction of sp³-hybridized carbons (Fsp3) is 0.176. The van der Waals surface area contributed by atoms with Crippen molar-refractivity contribution < 1.29 is 19.4 Å². The van der Waals surface area contributed by atoms with E-state index in [1.54, 1.807) is 35.2 Å². The molecule has 1 amide bonds. The summed E-state index contributed by atoms with van der Waals surface area (Å²) >= 11 is 5.98. The molecule has 0 radical (unpaired) electrons. The third kappa shape index (κ3) is 3.44. The molecule has 1 aliphatic heterocycles. The molecule has 0 saturated heterocycles. The molecule has 0 spiro atoms. The van der Waals surface area contributed by atoms with E-state index in [1.165, 1.54) is 6.07 Å². The summed E-state index contributed by atoms with van der Waals surface area (Å²) in [5.74, 6) is -0.468. The van der Waals surface area contributed by atoms with Crippen LogP contribution < -0.4 is 15.0 Å². The molecule has 2 aromatic carbocycles. The third-order valence-electron chi connectivity index (χ3n) is 3.57. The lowest BCUT2D eigenvalue weighted by atomic mass is 10.2. The number of fused-ring (bicyclic) bond motifs is 1. The number of carbonyl (C=O) groups excluding carboxylic acids is 2. The van der Waals surface area contributed by atoms with E-state index in [-0.39, 0.29) is 24.7 Å². The summed E-state index contributed by atoms with van der Waals surface area (Å²) in [6.07, 6.45) is 0. The van der Waals surface area contributed by atoms with Crippen molar-refractivity contribution in [1.82, 2.24) is 0 Å². The fourth-order valence-electron chi connectivity index (χ4n) is 2.47. The Morgan fingerprint density at radius 2 is 2.12 bits per heavy atom. The van der Waals surface area contributed by atoms with Crippen LogP contribution >= 0.6 is 11.6 Å². The van der Waals surface area contributed by atoms with Crippen LogP contribution in [0, 0.1) is 6.92 Å². The molecule has 0 saturated carbocycles. The van der Waals surface area contributed by atoms with Crippen molar-refractivity contribution in [3.8, 4) is 11.5 Å². The second-order valence-corrected chi connectivity index (χ2v) is 5.95. The van der Waals surface area contributed by atoms with Gasteiger partial charge in [0.1, 0.15) is 12.3 Å². The quantitative estimate of drug-likeness (QED) is 0.507. The molecule has 24 heavy (non-hydrogen) atoms. The maximum absolute atomic E-state index is 12.3. The van der Waals surface area contributed by atoms with E-state index in [0.717, 1.165) is 5.56 Å². The molecule has 0 atom stereocenters. The molecule has 0 unspecified atom stereocenters. The minimum atomic E-state index is -0.448. The molecular formula is C17H15ClN2O4. The Morgan fingerprint density at radius 1 is 1.33 bits per heavy atom. The molecule has 124 valence electrons. The topological polar surface area (TPSA) is 78.9 Å². The standard InChI is InChI=1S/C17H15ClN2O4/c1-10-2-4-14(21)12(6-10)19-16(22)8-20-9-17(23)24-15-5-3-11(18)7-13(15)20/h2-7,21H,8-9H2,1H3,(H,19,22).